The number of rotatable bonds is 6. The zero-order chi connectivity index (χ0) is 14.6. The van der Waals surface area contributed by atoms with Gasteiger partial charge in [0.15, 0.2) is 0 Å². The van der Waals surface area contributed by atoms with Gasteiger partial charge in [-0.15, -0.1) is 0 Å². The molecule has 0 aromatic heterocycles. The first-order chi connectivity index (χ1) is 8.86. The molecule has 0 aliphatic carbocycles. The van der Waals surface area contributed by atoms with Crippen LogP contribution < -0.4 is 0 Å². The van der Waals surface area contributed by atoms with E-state index in [4.69, 9.17) is 5.11 Å². The molecule has 1 aromatic rings. The van der Waals surface area contributed by atoms with Gasteiger partial charge in [-0.2, -0.15) is 0 Å². The maximum absolute atomic E-state index is 14.0. The van der Waals surface area contributed by atoms with Crippen LogP contribution in [0.2, 0.25) is 0 Å². The number of carboxylic acid groups (broad SMARTS) is 1. The number of benzene rings is 1. The molecule has 2 unspecified atom stereocenters. The molecule has 3 nitrogen and oxygen atoms in total. The van der Waals surface area contributed by atoms with Crippen molar-refractivity contribution in [3.05, 3.63) is 34.1 Å². The van der Waals surface area contributed by atoms with Crippen molar-refractivity contribution in [2.24, 2.45) is 0 Å². The van der Waals surface area contributed by atoms with Crippen LogP contribution in [0.25, 0.3) is 0 Å². The average molecular weight is 332 g/mol. The van der Waals surface area contributed by atoms with E-state index in [1.54, 1.807) is 12.1 Å². The van der Waals surface area contributed by atoms with Gasteiger partial charge in [-0.25, -0.2) is 4.39 Å². The van der Waals surface area contributed by atoms with E-state index in [2.05, 4.69) is 15.9 Å². The molecule has 2 atom stereocenters. The predicted octanol–water partition coefficient (Wildman–Crippen LogP) is 3.83. The Kier molecular flexibility index (Phi) is 5.94. The lowest BCUT2D eigenvalue weighted by atomic mass is 10.0. The molecule has 0 saturated heterocycles. The first-order valence-electron chi connectivity index (χ1n) is 6.29. The fraction of sp³-hybridized carbons (Fsp3) is 0.500. The molecule has 5 heteroatoms. The third kappa shape index (κ3) is 4.28. The van der Waals surface area contributed by atoms with Crippen LogP contribution in [-0.4, -0.2) is 28.6 Å². The molecule has 0 heterocycles. The second kappa shape index (κ2) is 7.01. The molecule has 1 rings (SSSR count). The van der Waals surface area contributed by atoms with Gasteiger partial charge in [0.05, 0.1) is 6.42 Å². The summed E-state index contributed by atoms with van der Waals surface area (Å²) < 4.78 is 14.6. The van der Waals surface area contributed by atoms with Crippen molar-refractivity contribution in [2.75, 3.05) is 6.54 Å². The lowest BCUT2D eigenvalue weighted by Crippen LogP contribution is -2.37. The fourth-order valence-electron chi connectivity index (χ4n) is 2.36. The Morgan fingerprint density at radius 3 is 2.58 bits per heavy atom. The Morgan fingerprint density at radius 2 is 2.11 bits per heavy atom. The number of carboxylic acids is 1. The van der Waals surface area contributed by atoms with E-state index in [9.17, 15) is 9.18 Å². The Balaban J connectivity index is 2.94. The SMILES string of the molecule is CCN(C(C)CC(=O)O)C(C)c1ccc(Br)cc1F. The number of hydrogen-bond donors (Lipinski definition) is 1. The summed E-state index contributed by atoms with van der Waals surface area (Å²) in [6.45, 7) is 6.37. The van der Waals surface area contributed by atoms with Crippen molar-refractivity contribution >= 4 is 21.9 Å². The van der Waals surface area contributed by atoms with E-state index in [1.807, 2.05) is 25.7 Å². The van der Waals surface area contributed by atoms with Gasteiger partial charge < -0.3 is 5.11 Å². The number of hydrogen-bond acceptors (Lipinski definition) is 2. The van der Waals surface area contributed by atoms with Crippen LogP contribution in [0.5, 0.6) is 0 Å². The monoisotopic (exact) mass is 331 g/mol. The third-order valence-corrected chi connectivity index (χ3v) is 3.80. The first kappa shape index (κ1) is 16.1. The highest BCUT2D eigenvalue weighted by Crippen LogP contribution is 2.27. The van der Waals surface area contributed by atoms with Gasteiger partial charge in [0.1, 0.15) is 5.82 Å². The summed E-state index contributed by atoms with van der Waals surface area (Å²) in [5.74, 6) is -1.11. The van der Waals surface area contributed by atoms with Crippen molar-refractivity contribution in [3.63, 3.8) is 0 Å². The van der Waals surface area contributed by atoms with Crippen molar-refractivity contribution in [1.29, 1.82) is 0 Å². The van der Waals surface area contributed by atoms with Crippen LogP contribution in [0.4, 0.5) is 4.39 Å². The predicted molar refractivity (Wildman–Crippen MR) is 76.6 cm³/mol. The zero-order valence-electron chi connectivity index (χ0n) is 11.4. The summed E-state index contributed by atoms with van der Waals surface area (Å²) in [5, 5.41) is 8.86. The fourth-order valence-corrected chi connectivity index (χ4v) is 2.69. The Morgan fingerprint density at radius 1 is 1.47 bits per heavy atom. The lowest BCUT2D eigenvalue weighted by molar-refractivity contribution is -0.138. The lowest BCUT2D eigenvalue weighted by Gasteiger charge is -2.33. The zero-order valence-corrected chi connectivity index (χ0v) is 12.9. The van der Waals surface area contributed by atoms with Crippen LogP contribution in [0.15, 0.2) is 22.7 Å². The van der Waals surface area contributed by atoms with E-state index in [0.29, 0.717) is 16.6 Å². The summed E-state index contributed by atoms with van der Waals surface area (Å²) in [4.78, 5) is 12.8. The van der Waals surface area contributed by atoms with Crippen LogP contribution in [0.1, 0.15) is 38.8 Å². The molecule has 0 aliphatic heterocycles. The van der Waals surface area contributed by atoms with Gasteiger partial charge in [-0.1, -0.05) is 28.9 Å². The summed E-state index contributed by atoms with van der Waals surface area (Å²) in [5.41, 5.74) is 0.585. The highest BCUT2D eigenvalue weighted by molar-refractivity contribution is 9.10. The Labute approximate surface area is 121 Å². The van der Waals surface area contributed by atoms with Crippen LogP contribution in [-0.2, 0) is 4.79 Å². The number of aliphatic carboxylic acids is 1. The van der Waals surface area contributed by atoms with E-state index in [1.165, 1.54) is 6.07 Å². The topological polar surface area (TPSA) is 40.5 Å². The molecule has 19 heavy (non-hydrogen) atoms. The summed E-state index contributed by atoms with van der Waals surface area (Å²) in [6, 6.07) is 4.67. The summed E-state index contributed by atoms with van der Waals surface area (Å²) in [6.07, 6.45) is 0.0519. The molecule has 0 spiro atoms. The van der Waals surface area contributed by atoms with Gasteiger partial charge in [0.2, 0.25) is 0 Å². The second-order valence-corrected chi connectivity index (χ2v) is 5.53. The second-order valence-electron chi connectivity index (χ2n) is 4.62. The molecule has 0 radical (unpaired) electrons. The minimum absolute atomic E-state index is 0.0519. The van der Waals surface area contributed by atoms with E-state index in [-0.39, 0.29) is 24.3 Å². The van der Waals surface area contributed by atoms with Crippen molar-refractivity contribution in [3.8, 4) is 0 Å². The summed E-state index contributed by atoms with van der Waals surface area (Å²) in [7, 11) is 0. The molecule has 0 saturated carbocycles. The highest BCUT2D eigenvalue weighted by atomic mass is 79.9. The van der Waals surface area contributed by atoms with Crippen LogP contribution in [0.3, 0.4) is 0 Å². The number of nitrogens with zero attached hydrogens (tertiary/aromatic N) is 1. The van der Waals surface area contributed by atoms with E-state index in [0.717, 1.165) is 0 Å². The molecule has 0 aliphatic rings. The average Bonchev–Trinajstić information content (AvgIpc) is 2.28. The summed E-state index contributed by atoms with van der Waals surface area (Å²) >= 11 is 3.23. The highest BCUT2D eigenvalue weighted by Gasteiger charge is 2.23. The van der Waals surface area contributed by atoms with Gasteiger partial charge in [-0.3, -0.25) is 9.69 Å². The van der Waals surface area contributed by atoms with Crippen LogP contribution in [0, 0.1) is 5.82 Å². The van der Waals surface area contributed by atoms with Gasteiger partial charge in [-0.05, 0) is 32.5 Å². The van der Waals surface area contributed by atoms with E-state index >= 15 is 0 Å². The standard InChI is InChI=1S/C14H19BrFNO2/c1-4-17(9(2)7-14(18)19)10(3)12-6-5-11(15)8-13(12)16/h5-6,8-10H,4,7H2,1-3H3,(H,18,19). The molecule has 106 valence electrons. The first-order valence-corrected chi connectivity index (χ1v) is 7.08. The molecule has 0 bridgehead atoms. The number of carbonyl (C=O) groups is 1. The third-order valence-electron chi connectivity index (χ3n) is 3.31. The van der Waals surface area contributed by atoms with Gasteiger partial charge in [0, 0.05) is 22.1 Å². The van der Waals surface area contributed by atoms with Gasteiger partial charge >= 0.3 is 5.97 Å². The molecule has 0 fully saturated rings. The Hall–Kier alpha value is -0.940. The molecule has 1 N–H and O–H groups in total. The minimum Gasteiger partial charge on any atom is -0.481 e. The normalized spacial score (nSPS) is 14.4. The molecule has 1 aromatic carbocycles. The smallest absolute Gasteiger partial charge is 0.304 e. The maximum Gasteiger partial charge on any atom is 0.304 e. The molecular formula is C14H19BrFNO2. The van der Waals surface area contributed by atoms with Crippen molar-refractivity contribution in [1.82, 2.24) is 4.90 Å². The van der Waals surface area contributed by atoms with Gasteiger partial charge in [0.25, 0.3) is 0 Å². The maximum atomic E-state index is 14.0. The van der Waals surface area contributed by atoms with Crippen LogP contribution >= 0.6 is 15.9 Å². The molecule has 0 amide bonds. The van der Waals surface area contributed by atoms with Crippen molar-refractivity contribution in [2.45, 2.75) is 39.3 Å². The Bertz CT molecular complexity index is 453. The molecular weight excluding hydrogens is 313 g/mol. The minimum atomic E-state index is -0.838. The largest absolute Gasteiger partial charge is 0.481 e. The number of halogens is 2. The van der Waals surface area contributed by atoms with Crippen molar-refractivity contribution < 1.29 is 14.3 Å². The van der Waals surface area contributed by atoms with E-state index < -0.39 is 5.97 Å². The quantitative estimate of drug-likeness (QED) is 0.861.